The molecule has 4 nitrogen and oxygen atoms in total. The number of thiophene rings is 1. The Morgan fingerprint density at radius 1 is 1.35 bits per heavy atom. The van der Waals surface area contributed by atoms with E-state index in [-0.39, 0.29) is 5.75 Å². The van der Waals surface area contributed by atoms with E-state index >= 15 is 0 Å². The van der Waals surface area contributed by atoms with Gasteiger partial charge in [-0.25, -0.2) is 4.39 Å². The molecule has 0 aliphatic carbocycles. The fourth-order valence-corrected chi connectivity index (χ4v) is 2.32. The number of hydrogen-bond acceptors (Lipinski definition) is 4. The lowest BCUT2D eigenvalue weighted by atomic mass is 10.3. The SMILES string of the molecule is O=C(COc1ccc(Br)cc1F)NC(=O)c1cccs1. The van der Waals surface area contributed by atoms with E-state index in [2.05, 4.69) is 21.2 Å². The first-order valence-corrected chi connectivity index (χ1v) is 7.19. The van der Waals surface area contributed by atoms with Crippen molar-refractivity contribution in [3.05, 3.63) is 50.9 Å². The third-order valence-corrected chi connectivity index (χ3v) is 3.61. The van der Waals surface area contributed by atoms with Crippen LogP contribution in [0.15, 0.2) is 40.2 Å². The fraction of sp³-hybridized carbons (Fsp3) is 0.0769. The van der Waals surface area contributed by atoms with E-state index in [1.165, 1.54) is 23.5 Å². The Morgan fingerprint density at radius 3 is 2.80 bits per heavy atom. The molecule has 20 heavy (non-hydrogen) atoms. The number of imide groups is 1. The summed E-state index contributed by atoms with van der Waals surface area (Å²) < 4.78 is 19.0. The second kappa shape index (κ2) is 6.62. The van der Waals surface area contributed by atoms with Crippen molar-refractivity contribution in [3.63, 3.8) is 0 Å². The van der Waals surface area contributed by atoms with Crippen LogP contribution in [0.2, 0.25) is 0 Å². The molecule has 0 bridgehead atoms. The van der Waals surface area contributed by atoms with Gasteiger partial charge in [0.1, 0.15) is 0 Å². The molecule has 0 fully saturated rings. The van der Waals surface area contributed by atoms with Crippen LogP contribution >= 0.6 is 27.3 Å². The molecular formula is C13H9BrFNO3S. The Hall–Kier alpha value is -1.73. The highest BCUT2D eigenvalue weighted by atomic mass is 79.9. The molecule has 0 aliphatic heterocycles. The molecule has 2 aromatic rings. The molecule has 1 aromatic carbocycles. The van der Waals surface area contributed by atoms with E-state index in [4.69, 9.17) is 4.74 Å². The first kappa shape index (κ1) is 14.7. The first-order chi connectivity index (χ1) is 9.56. The van der Waals surface area contributed by atoms with Gasteiger partial charge in [-0.2, -0.15) is 0 Å². The monoisotopic (exact) mass is 357 g/mol. The van der Waals surface area contributed by atoms with E-state index < -0.39 is 24.2 Å². The van der Waals surface area contributed by atoms with Gasteiger partial charge in [-0.15, -0.1) is 11.3 Å². The van der Waals surface area contributed by atoms with Crippen LogP contribution in [0.5, 0.6) is 5.75 Å². The zero-order valence-electron chi connectivity index (χ0n) is 10.1. The average molecular weight is 358 g/mol. The Morgan fingerprint density at radius 2 is 2.15 bits per heavy atom. The summed E-state index contributed by atoms with van der Waals surface area (Å²) in [6, 6.07) is 7.52. The van der Waals surface area contributed by atoms with E-state index in [1.807, 2.05) is 0 Å². The van der Waals surface area contributed by atoms with E-state index in [1.54, 1.807) is 23.6 Å². The molecule has 0 unspecified atom stereocenters. The van der Waals surface area contributed by atoms with E-state index in [0.717, 1.165) is 0 Å². The molecule has 0 saturated heterocycles. The Kier molecular flexibility index (Phi) is 4.86. The largest absolute Gasteiger partial charge is 0.481 e. The highest BCUT2D eigenvalue weighted by molar-refractivity contribution is 9.10. The Balaban J connectivity index is 1.88. The zero-order chi connectivity index (χ0) is 14.5. The Bertz CT molecular complexity index is 631. The van der Waals surface area contributed by atoms with Crippen molar-refractivity contribution in [1.82, 2.24) is 5.32 Å². The average Bonchev–Trinajstić information content (AvgIpc) is 2.91. The summed E-state index contributed by atoms with van der Waals surface area (Å²) in [5, 5.41) is 3.89. The second-order valence-corrected chi connectivity index (χ2v) is 5.58. The van der Waals surface area contributed by atoms with Crippen molar-refractivity contribution in [2.75, 3.05) is 6.61 Å². The number of halogens is 2. The highest BCUT2D eigenvalue weighted by Gasteiger charge is 2.12. The molecule has 0 atom stereocenters. The van der Waals surface area contributed by atoms with Gasteiger partial charge in [-0.05, 0) is 29.6 Å². The topological polar surface area (TPSA) is 55.4 Å². The summed E-state index contributed by atoms with van der Waals surface area (Å²) in [4.78, 5) is 23.5. The van der Waals surface area contributed by atoms with Gasteiger partial charge < -0.3 is 4.74 Å². The smallest absolute Gasteiger partial charge is 0.268 e. The fourth-order valence-electron chi connectivity index (χ4n) is 1.37. The van der Waals surface area contributed by atoms with Crippen LogP contribution in [0, 0.1) is 5.82 Å². The highest BCUT2D eigenvalue weighted by Crippen LogP contribution is 2.21. The van der Waals surface area contributed by atoms with Gasteiger partial charge in [-0.1, -0.05) is 22.0 Å². The van der Waals surface area contributed by atoms with Crippen molar-refractivity contribution in [2.45, 2.75) is 0 Å². The van der Waals surface area contributed by atoms with Gasteiger partial charge in [0.25, 0.3) is 11.8 Å². The second-order valence-electron chi connectivity index (χ2n) is 3.72. The standard InChI is InChI=1S/C13H9BrFNO3S/c14-8-3-4-10(9(15)6-8)19-7-12(17)16-13(18)11-2-1-5-20-11/h1-6H,7H2,(H,16,17,18). The van der Waals surface area contributed by atoms with Gasteiger partial charge >= 0.3 is 0 Å². The van der Waals surface area contributed by atoms with Crippen molar-refractivity contribution in [3.8, 4) is 5.75 Å². The summed E-state index contributed by atoms with van der Waals surface area (Å²) >= 11 is 4.33. The number of carbonyl (C=O) groups is 2. The lowest BCUT2D eigenvalue weighted by Crippen LogP contribution is -2.34. The normalized spacial score (nSPS) is 10.1. The summed E-state index contributed by atoms with van der Waals surface area (Å²) in [7, 11) is 0. The minimum Gasteiger partial charge on any atom is -0.481 e. The number of ether oxygens (including phenoxy) is 1. The molecule has 0 saturated carbocycles. The maximum atomic E-state index is 13.4. The molecule has 0 aliphatic rings. The third-order valence-electron chi connectivity index (χ3n) is 2.25. The van der Waals surface area contributed by atoms with Crippen LogP contribution in [0.25, 0.3) is 0 Å². The maximum absolute atomic E-state index is 13.4. The maximum Gasteiger partial charge on any atom is 0.268 e. The summed E-state index contributed by atoms with van der Waals surface area (Å²) in [5.41, 5.74) is 0. The number of rotatable bonds is 4. The van der Waals surface area contributed by atoms with Crippen molar-refractivity contribution in [2.24, 2.45) is 0 Å². The predicted molar refractivity (Wildman–Crippen MR) is 76.4 cm³/mol. The summed E-state index contributed by atoms with van der Waals surface area (Å²) in [6.07, 6.45) is 0. The first-order valence-electron chi connectivity index (χ1n) is 5.52. The lowest BCUT2D eigenvalue weighted by Gasteiger charge is -2.07. The molecule has 2 rings (SSSR count). The van der Waals surface area contributed by atoms with Gasteiger partial charge in [-0.3, -0.25) is 14.9 Å². The van der Waals surface area contributed by atoms with Crippen molar-refractivity contribution >= 4 is 39.1 Å². The van der Waals surface area contributed by atoms with Crippen LogP contribution in [0.3, 0.4) is 0 Å². The van der Waals surface area contributed by atoms with Crippen LogP contribution < -0.4 is 10.1 Å². The number of carbonyl (C=O) groups excluding carboxylic acids is 2. The van der Waals surface area contributed by atoms with Crippen molar-refractivity contribution < 1.29 is 18.7 Å². The van der Waals surface area contributed by atoms with Gasteiger partial charge in [0.15, 0.2) is 18.2 Å². The van der Waals surface area contributed by atoms with Crippen LogP contribution in [-0.2, 0) is 4.79 Å². The molecular weight excluding hydrogens is 349 g/mol. The van der Waals surface area contributed by atoms with E-state index in [0.29, 0.717) is 9.35 Å². The number of benzene rings is 1. The summed E-state index contributed by atoms with van der Waals surface area (Å²) in [6.45, 7) is -0.435. The summed E-state index contributed by atoms with van der Waals surface area (Å²) in [5.74, 6) is -1.76. The molecule has 1 heterocycles. The van der Waals surface area contributed by atoms with Gasteiger partial charge in [0, 0.05) is 4.47 Å². The van der Waals surface area contributed by atoms with Crippen LogP contribution in [-0.4, -0.2) is 18.4 Å². The minimum absolute atomic E-state index is 0.0491. The molecule has 1 aromatic heterocycles. The number of amides is 2. The van der Waals surface area contributed by atoms with Crippen molar-refractivity contribution in [1.29, 1.82) is 0 Å². The molecule has 104 valence electrons. The van der Waals surface area contributed by atoms with Gasteiger partial charge in [0.05, 0.1) is 4.88 Å². The zero-order valence-corrected chi connectivity index (χ0v) is 12.5. The quantitative estimate of drug-likeness (QED) is 0.914. The molecule has 1 N–H and O–H groups in total. The third kappa shape index (κ3) is 3.88. The van der Waals surface area contributed by atoms with E-state index in [9.17, 15) is 14.0 Å². The molecule has 7 heteroatoms. The van der Waals surface area contributed by atoms with Crippen LogP contribution in [0.1, 0.15) is 9.67 Å². The lowest BCUT2D eigenvalue weighted by molar-refractivity contribution is -0.122. The molecule has 0 spiro atoms. The molecule has 2 amide bonds. The van der Waals surface area contributed by atoms with Crippen LogP contribution in [0.4, 0.5) is 4.39 Å². The number of nitrogens with one attached hydrogen (secondary N) is 1. The Labute approximate surface area is 126 Å². The van der Waals surface area contributed by atoms with Gasteiger partial charge in [0.2, 0.25) is 0 Å². The minimum atomic E-state index is -0.634. The molecule has 0 radical (unpaired) electrons. The number of hydrogen-bond donors (Lipinski definition) is 1. The predicted octanol–water partition coefficient (Wildman–Crippen LogP) is 2.99.